The second kappa shape index (κ2) is 11.1. The summed E-state index contributed by atoms with van der Waals surface area (Å²) in [5, 5.41) is 11.0. The minimum absolute atomic E-state index is 0.189. The number of rotatable bonds is 9. The number of benzene rings is 3. The summed E-state index contributed by atoms with van der Waals surface area (Å²) in [5.74, 6) is 0.301. The number of hydrogen-bond acceptors (Lipinski definition) is 5. The number of carboxylic acids is 1. The lowest BCUT2D eigenvalue weighted by Gasteiger charge is -2.14. The molecule has 1 saturated heterocycles. The van der Waals surface area contributed by atoms with Crippen molar-refractivity contribution >= 4 is 44.3 Å². The number of carbonyl (C=O) groups excluding carboxylic acids is 1. The standard InChI is InChI=1S/C26H23NO5S2/c28-24-18-34(26(33)27(24)14-25(29)30)17-20-11-12-23(32-15-19-7-3-1-4-8-19)21(13-20)16-31-22-9-5-2-6-10-22/h1-13,17H,14-16,18H2,(H,29,30). The van der Waals surface area contributed by atoms with Crippen molar-refractivity contribution < 1.29 is 24.2 Å². The summed E-state index contributed by atoms with van der Waals surface area (Å²) >= 11 is 5.40. The first-order valence-corrected chi connectivity index (χ1v) is 12.4. The van der Waals surface area contributed by atoms with Crippen molar-refractivity contribution in [2.75, 3.05) is 12.3 Å². The molecule has 4 rings (SSSR count). The van der Waals surface area contributed by atoms with E-state index in [-0.39, 0.29) is 11.7 Å². The maximum atomic E-state index is 12.2. The highest BCUT2D eigenvalue weighted by atomic mass is 32.2. The van der Waals surface area contributed by atoms with E-state index in [1.807, 2.05) is 84.2 Å². The number of thiocarbonyl (C=S) groups is 1. The summed E-state index contributed by atoms with van der Waals surface area (Å²) in [6, 6.07) is 25.2. The second-order valence-corrected chi connectivity index (χ2v) is 9.99. The Hall–Kier alpha value is -3.49. The first kappa shape index (κ1) is 23.7. The second-order valence-electron chi connectivity index (χ2n) is 7.57. The number of para-hydroxylation sites is 1. The van der Waals surface area contributed by atoms with E-state index in [1.165, 1.54) is 4.90 Å². The molecule has 1 aliphatic heterocycles. The number of aliphatic carboxylic acids is 1. The van der Waals surface area contributed by atoms with Gasteiger partial charge in [-0.3, -0.25) is 14.5 Å². The van der Waals surface area contributed by atoms with Crippen LogP contribution >= 0.6 is 22.7 Å². The van der Waals surface area contributed by atoms with Gasteiger partial charge >= 0.3 is 5.97 Å². The number of nitrogens with zero attached hydrogens (tertiary/aromatic N) is 1. The van der Waals surface area contributed by atoms with Crippen LogP contribution in [-0.2, 0) is 22.8 Å². The maximum Gasteiger partial charge on any atom is 0.323 e. The highest BCUT2D eigenvalue weighted by Crippen LogP contribution is 2.29. The summed E-state index contributed by atoms with van der Waals surface area (Å²) in [4.78, 5) is 24.5. The van der Waals surface area contributed by atoms with Crippen LogP contribution in [0.25, 0.3) is 0 Å². The maximum absolute atomic E-state index is 12.2. The van der Waals surface area contributed by atoms with Crippen LogP contribution in [0.5, 0.6) is 11.5 Å². The van der Waals surface area contributed by atoms with Crippen molar-refractivity contribution in [2.24, 2.45) is 0 Å². The van der Waals surface area contributed by atoms with Gasteiger partial charge in [-0.05, 0) is 40.8 Å². The van der Waals surface area contributed by atoms with Gasteiger partial charge in [0.05, 0.1) is 5.75 Å². The van der Waals surface area contributed by atoms with Gasteiger partial charge in [-0.1, -0.05) is 66.8 Å². The van der Waals surface area contributed by atoms with E-state index < -0.39 is 23.0 Å². The lowest BCUT2D eigenvalue weighted by Crippen LogP contribution is -2.33. The molecule has 1 N–H and O–H groups in total. The summed E-state index contributed by atoms with van der Waals surface area (Å²) in [6.45, 7) is 0.324. The summed E-state index contributed by atoms with van der Waals surface area (Å²) in [5.41, 5.74) is 2.79. The number of carboxylic acid groups (broad SMARTS) is 1. The van der Waals surface area contributed by atoms with Crippen LogP contribution in [0.2, 0.25) is 0 Å². The zero-order valence-corrected chi connectivity index (χ0v) is 19.9. The Morgan fingerprint density at radius 1 is 1.00 bits per heavy atom. The molecule has 174 valence electrons. The fourth-order valence-corrected chi connectivity index (χ4v) is 5.54. The Bertz CT molecular complexity index is 1230. The van der Waals surface area contributed by atoms with Crippen molar-refractivity contribution in [3.8, 4) is 11.5 Å². The predicted molar refractivity (Wildman–Crippen MR) is 138 cm³/mol. The Kier molecular flexibility index (Phi) is 7.72. The molecular formula is C26H23NO5S2. The molecule has 0 aliphatic carbocycles. The van der Waals surface area contributed by atoms with Gasteiger partial charge in [-0.15, -0.1) is 10.5 Å². The van der Waals surface area contributed by atoms with Gasteiger partial charge in [0.25, 0.3) is 0 Å². The molecule has 0 aromatic heterocycles. The van der Waals surface area contributed by atoms with Gasteiger partial charge in [0, 0.05) is 5.56 Å². The van der Waals surface area contributed by atoms with Gasteiger partial charge in [0.15, 0.2) is 0 Å². The average molecular weight is 494 g/mol. The molecule has 3 aromatic carbocycles. The molecule has 0 bridgehead atoms. The third kappa shape index (κ3) is 6.09. The van der Waals surface area contributed by atoms with Crippen LogP contribution in [0, 0.1) is 0 Å². The van der Waals surface area contributed by atoms with Gasteiger partial charge in [-0.2, -0.15) is 0 Å². The topological polar surface area (TPSA) is 76.1 Å². The van der Waals surface area contributed by atoms with Gasteiger partial charge < -0.3 is 14.6 Å². The van der Waals surface area contributed by atoms with Crippen molar-refractivity contribution in [3.63, 3.8) is 0 Å². The number of hydrogen-bond donors (Lipinski definition) is 1. The summed E-state index contributed by atoms with van der Waals surface area (Å²) in [7, 11) is -0.650. The van der Waals surface area contributed by atoms with Gasteiger partial charge in [-0.25, -0.2) is 0 Å². The zero-order chi connectivity index (χ0) is 23.9. The lowest BCUT2D eigenvalue weighted by molar-refractivity contribution is -0.140. The predicted octanol–water partition coefficient (Wildman–Crippen LogP) is 4.48. The van der Waals surface area contributed by atoms with Crippen LogP contribution < -0.4 is 9.47 Å². The van der Waals surface area contributed by atoms with E-state index in [4.69, 9.17) is 26.8 Å². The minimum Gasteiger partial charge on any atom is -0.489 e. The lowest BCUT2D eigenvalue weighted by atomic mass is 10.1. The molecule has 8 heteroatoms. The molecule has 1 amide bonds. The SMILES string of the molecule is O=C(O)CN1C(=O)CS(=Cc2ccc(OCc3ccccc3)c(COc3ccccc3)c2)C1=S. The van der Waals surface area contributed by atoms with Crippen LogP contribution in [0.4, 0.5) is 0 Å². The highest BCUT2D eigenvalue weighted by molar-refractivity contribution is 8.35. The molecule has 1 heterocycles. The van der Waals surface area contributed by atoms with Crippen LogP contribution in [0.1, 0.15) is 16.7 Å². The molecule has 34 heavy (non-hydrogen) atoms. The Labute approximate surface area is 205 Å². The first-order valence-electron chi connectivity index (χ1n) is 10.6. The zero-order valence-electron chi connectivity index (χ0n) is 18.3. The Morgan fingerprint density at radius 2 is 1.71 bits per heavy atom. The van der Waals surface area contributed by atoms with E-state index in [2.05, 4.69) is 0 Å². The number of carbonyl (C=O) groups is 2. The first-order chi connectivity index (χ1) is 16.5. The third-order valence-corrected chi connectivity index (χ3v) is 7.70. The monoisotopic (exact) mass is 493 g/mol. The van der Waals surface area contributed by atoms with E-state index in [0.29, 0.717) is 23.3 Å². The summed E-state index contributed by atoms with van der Waals surface area (Å²) in [6.07, 6.45) is 0. The van der Waals surface area contributed by atoms with Crippen LogP contribution in [0.15, 0.2) is 78.9 Å². The average Bonchev–Trinajstić information content (AvgIpc) is 3.10. The van der Waals surface area contributed by atoms with E-state index in [9.17, 15) is 9.59 Å². The molecular weight excluding hydrogens is 470 g/mol. The van der Waals surface area contributed by atoms with Crippen LogP contribution in [-0.4, -0.2) is 43.9 Å². The van der Waals surface area contributed by atoms with Gasteiger partial charge in [0.1, 0.15) is 35.6 Å². The molecule has 1 fully saturated rings. The van der Waals surface area contributed by atoms with E-state index in [1.54, 1.807) is 0 Å². The Balaban J connectivity index is 1.57. The van der Waals surface area contributed by atoms with Crippen molar-refractivity contribution in [2.45, 2.75) is 13.2 Å². The molecule has 0 radical (unpaired) electrons. The molecule has 1 aliphatic rings. The number of amides is 1. The normalized spacial score (nSPS) is 15.5. The molecule has 3 aromatic rings. The van der Waals surface area contributed by atoms with Crippen molar-refractivity contribution in [1.29, 1.82) is 0 Å². The highest BCUT2D eigenvalue weighted by Gasteiger charge is 2.31. The van der Waals surface area contributed by atoms with Gasteiger partial charge in [0.2, 0.25) is 5.91 Å². The quantitative estimate of drug-likeness (QED) is 0.443. The molecule has 0 saturated carbocycles. The number of ether oxygens (including phenoxy) is 2. The smallest absolute Gasteiger partial charge is 0.323 e. The van der Waals surface area contributed by atoms with Crippen molar-refractivity contribution in [3.05, 3.63) is 95.6 Å². The minimum atomic E-state index is -1.08. The largest absolute Gasteiger partial charge is 0.489 e. The third-order valence-electron chi connectivity index (χ3n) is 5.06. The molecule has 6 nitrogen and oxygen atoms in total. The molecule has 0 spiro atoms. The summed E-state index contributed by atoms with van der Waals surface area (Å²) < 4.78 is 12.4. The molecule has 1 atom stereocenters. The van der Waals surface area contributed by atoms with Crippen molar-refractivity contribution in [1.82, 2.24) is 4.90 Å². The van der Waals surface area contributed by atoms with E-state index >= 15 is 0 Å². The fourth-order valence-electron chi connectivity index (χ4n) is 3.40. The van der Waals surface area contributed by atoms with E-state index in [0.717, 1.165) is 22.4 Å². The fraction of sp³-hybridized carbons (Fsp3) is 0.154. The molecule has 1 unspecified atom stereocenters. The van der Waals surface area contributed by atoms with Crippen LogP contribution in [0.3, 0.4) is 0 Å². The Morgan fingerprint density at radius 3 is 2.41 bits per heavy atom.